The molecule has 2 saturated heterocycles. The molecule has 2 rings (SSSR count). The summed E-state index contributed by atoms with van der Waals surface area (Å²) >= 11 is 0. The zero-order valence-corrected chi connectivity index (χ0v) is 12.1. The van der Waals surface area contributed by atoms with Crippen LogP contribution in [0, 0.1) is 0 Å². The van der Waals surface area contributed by atoms with Gasteiger partial charge in [-0.2, -0.15) is 5.06 Å². The minimum absolute atomic E-state index is 0.0101. The van der Waals surface area contributed by atoms with Crippen LogP contribution in [-0.4, -0.2) is 32.6 Å². The van der Waals surface area contributed by atoms with E-state index in [0.29, 0.717) is 0 Å². The van der Waals surface area contributed by atoms with Crippen LogP contribution in [0.2, 0.25) is 0 Å². The van der Waals surface area contributed by atoms with Crippen molar-refractivity contribution in [3.8, 4) is 0 Å². The van der Waals surface area contributed by atoms with Crippen molar-refractivity contribution in [3.63, 3.8) is 0 Å². The Bertz CT molecular complexity index is 302. The summed E-state index contributed by atoms with van der Waals surface area (Å²) in [5.74, 6) is 0. The Morgan fingerprint density at radius 1 is 0.882 bits per heavy atom. The van der Waals surface area contributed by atoms with Crippen LogP contribution in [-0.2, 0) is 4.74 Å². The topological polar surface area (TPSA) is 32.7 Å². The van der Waals surface area contributed by atoms with E-state index in [9.17, 15) is 5.21 Å². The minimum atomic E-state index is -0.220. The van der Waals surface area contributed by atoms with Gasteiger partial charge < -0.3 is 9.94 Å². The average molecular weight is 241 g/mol. The molecule has 0 aliphatic carbocycles. The summed E-state index contributed by atoms with van der Waals surface area (Å²) in [6.07, 6.45) is 4.04. The highest BCUT2D eigenvalue weighted by molar-refractivity contribution is 5.07. The van der Waals surface area contributed by atoms with Crippen molar-refractivity contribution < 1.29 is 9.94 Å². The van der Waals surface area contributed by atoms with Gasteiger partial charge in [0, 0.05) is 11.1 Å². The van der Waals surface area contributed by atoms with Gasteiger partial charge in [-0.15, -0.1) is 0 Å². The number of hydrogen-bond acceptors (Lipinski definition) is 3. The van der Waals surface area contributed by atoms with Gasteiger partial charge in [0.25, 0.3) is 0 Å². The SMILES string of the molecule is CC1(C)CCC2(CC(C)(C)N(O)C(C)(C)C2)O1. The van der Waals surface area contributed by atoms with Gasteiger partial charge >= 0.3 is 0 Å². The highest BCUT2D eigenvalue weighted by Gasteiger charge is 2.56. The van der Waals surface area contributed by atoms with Crippen molar-refractivity contribution in [2.75, 3.05) is 0 Å². The summed E-state index contributed by atoms with van der Waals surface area (Å²) in [6, 6.07) is 0. The predicted octanol–water partition coefficient (Wildman–Crippen LogP) is 3.36. The molecule has 17 heavy (non-hydrogen) atoms. The van der Waals surface area contributed by atoms with Gasteiger partial charge in [0.05, 0.1) is 11.2 Å². The third-order valence-corrected chi connectivity index (χ3v) is 4.33. The molecule has 0 saturated carbocycles. The van der Waals surface area contributed by atoms with E-state index in [-0.39, 0.29) is 22.3 Å². The van der Waals surface area contributed by atoms with Crippen LogP contribution in [0.1, 0.15) is 67.2 Å². The molecule has 3 heteroatoms. The van der Waals surface area contributed by atoms with E-state index in [0.717, 1.165) is 25.7 Å². The normalized spacial score (nSPS) is 34.1. The van der Waals surface area contributed by atoms with Crippen LogP contribution in [0.5, 0.6) is 0 Å². The zero-order valence-electron chi connectivity index (χ0n) is 12.1. The summed E-state index contributed by atoms with van der Waals surface area (Å²) in [5, 5.41) is 11.8. The molecule has 1 spiro atoms. The maximum atomic E-state index is 10.3. The first-order valence-electron chi connectivity index (χ1n) is 6.68. The van der Waals surface area contributed by atoms with E-state index < -0.39 is 0 Å². The van der Waals surface area contributed by atoms with E-state index >= 15 is 0 Å². The van der Waals surface area contributed by atoms with Gasteiger partial charge in [-0.1, -0.05) is 0 Å². The fourth-order valence-electron chi connectivity index (χ4n) is 4.07. The lowest BCUT2D eigenvalue weighted by molar-refractivity contribution is -0.283. The summed E-state index contributed by atoms with van der Waals surface area (Å²) in [7, 11) is 0. The first-order valence-corrected chi connectivity index (χ1v) is 6.68. The first kappa shape index (κ1) is 13.3. The molecule has 0 atom stereocenters. The Hall–Kier alpha value is -0.120. The molecule has 1 N–H and O–H groups in total. The summed E-state index contributed by atoms with van der Waals surface area (Å²) in [5.41, 5.74) is -0.496. The highest BCUT2D eigenvalue weighted by Crippen LogP contribution is 2.52. The molecule has 2 aliphatic rings. The second-order valence-electron chi connectivity index (χ2n) is 7.83. The Morgan fingerprint density at radius 2 is 1.35 bits per heavy atom. The Labute approximate surface area is 105 Å². The average Bonchev–Trinajstić information content (AvgIpc) is 2.36. The molecule has 2 fully saturated rings. The Balaban J connectivity index is 2.28. The number of ether oxygens (including phenoxy) is 1. The molecule has 0 amide bonds. The van der Waals surface area contributed by atoms with Crippen LogP contribution in [0.25, 0.3) is 0 Å². The quantitative estimate of drug-likeness (QED) is 0.706. The highest BCUT2D eigenvalue weighted by atomic mass is 16.5. The van der Waals surface area contributed by atoms with Gasteiger partial charge in [-0.05, 0) is 67.2 Å². The second kappa shape index (κ2) is 3.46. The molecule has 0 aromatic heterocycles. The van der Waals surface area contributed by atoms with Crippen molar-refractivity contribution in [2.45, 2.75) is 89.5 Å². The molecular weight excluding hydrogens is 214 g/mol. The van der Waals surface area contributed by atoms with Crippen LogP contribution in [0.4, 0.5) is 0 Å². The van der Waals surface area contributed by atoms with Gasteiger partial charge in [0.1, 0.15) is 0 Å². The van der Waals surface area contributed by atoms with E-state index in [2.05, 4.69) is 41.5 Å². The number of hydrogen-bond donors (Lipinski definition) is 1. The fraction of sp³-hybridized carbons (Fsp3) is 1.00. The lowest BCUT2D eigenvalue weighted by Gasteiger charge is -2.55. The second-order valence-corrected chi connectivity index (χ2v) is 7.83. The largest absolute Gasteiger partial charge is 0.369 e. The van der Waals surface area contributed by atoms with Crippen molar-refractivity contribution >= 4 is 0 Å². The maximum absolute atomic E-state index is 10.3. The van der Waals surface area contributed by atoms with E-state index in [1.54, 1.807) is 0 Å². The van der Waals surface area contributed by atoms with E-state index in [1.807, 2.05) is 0 Å². The number of hydroxylamine groups is 2. The Kier molecular flexibility index (Phi) is 2.71. The van der Waals surface area contributed by atoms with Gasteiger partial charge in [-0.25, -0.2) is 0 Å². The third kappa shape index (κ3) is 2.25. The predicted molar refractivity (Wildman–Crippen MR) is 68.1 cm³/mol. The van der Waals surface area contributed by atoms with E-state index in [4.69, 9.17) is 4.74 Å². The molecular formula is C14H27NO2. The summed E-state index contributed by atoms with van der Waals surface area (Å²) in [6.45, 7) is 12.8. The van der Waals surface area contributed by atoms with Crippen LogP contribution in [0.15, 0.2) is 0 Å². The molecule has 3 nitrogen and oxygen atoms in total. The van der Waals surface area contributed by atoms with Gasteiger partial charge in [-0.3, -0.25) is 0 Å². The summed E-state index contributed by atoms with van der Waals surface area (Å²) in [4.78, 5) is 0. The minimum Gasteiger partial charge on any atom is -0.369 e. The molecule has 2 aliphatic heterocycles. The smallest absolute Gasteiger partial charge is 0.0727 e. The van der Waals surface area contributed by atoms with Gasteiger partial charge in [0.15, 0.2) is 0 Å². The van der Waals surface area contributed by atoms with Crippen molar-refractivity contribution in [3.05, 3.63) is 0 Å². The van der Waals surface area contributed by atoms with Gasteiger partial charge in [0.2, 0.25) is 0 Å². The number of rotatable bonds is 0. The third-order valence-electron chi connectivity index (χ3n) is 4.33. The molecule has 0 aromatic carbocycles. The molecule has 0 bridgehead atoms. The standard InChI is InChI=1S/C14H27NO2/c1-11(2)9-14(8-7-13(5,6)17-14)10-12(3,4)15(11)16/h16H,7-10H2,1-6H3. The summed E-state index contributed by atoms with van der Waals surface area (Å²) < 4.78 is 6.36. The molecule has 0 unspecified atom stereocenters. The molecule has 2 heterocycles. The maximum Gasteiger partial charge on any atom is 0.0727 e. The molecule has 0 aromatic rings. The zero-order chi connectivity index (χ0) is 13.1. The fourth-order valence-corrected chi connectivity index (χ4v) is 4.07. The lowest BCUT2D eigenvalue weighted by Crippen LogP contribution is -2.64. The first-order chi connectivity index (χ1) is 7.48. The van der Waals surface area contributed by atoms with Crippen LogP contribution < -0.4 is 0 Å². The van der Waals surface area contributed by atoms with Crippen molar-refractivity contribution in [2.24, 2.45) is 0 Å². The molecule has 0 radical (unpaired) electrons. The molecule has 100 valence electrons. The van der Waals surface area contributed by atoms with Crippen molar-refractivity contribution in [1.29, 1.82) is 0 Å². The number of nitrogens with zero attached hydrogens (tertiary/aromatic N) is 1. The monoisotopic (exact) mass is 241 g/mol. The van der Waals surface area contributed by atoms with E-state index in [1.165, 1.54) is 5.06 Å². The number of piperidine rings is 1. The Morgan fingerprint density at radius 3 is 1.71 bits per heavy atom. The lowest BCUT2D eigenvalue weighted by atomic mass is 9.71. The van der Waals surface area contributed by atoms with Crippen LogP contribution in [0.3, 0.4) is 0 Å². The van der Waals surface area contributed by atoms with Crippen molar-refractivity contribution in [1.82, 2.24) is 5.06 Å². The van der Waals surface area contributed by atoms with Crippen LogP contribution >= 0.6 is 0 Å².